The van der Waals surface area contributed by atoms with Crippen molar-refractivity contribution in [1.29, 1.82) is 0 Å². The molecule has 2 aromatic rings. The normalized spacial score (nSPS) is 15.8. The van der Waals surface area contributed by atoms with E-state index in [1.807, 2.05) is 12.1 Å². The van der Waals surface area contributed by atoms with E-state index in [-0.39, 0.29) is 23.9 Å². The molecule has 164 valence electrons. The Bertz CT molecular complexity index is 1120. The van der Waals surface area contributed by atoms with Crippen LogP contribution >= 0.6 is 0 Å². The number of nitrogens with zero attached hydrogens (tertiary/aromatic N) is 2. The number of anilines is 3. The van der Waals surface area contributed by atoms with Crippen LogP contribution in [0.2, 0.25) is 0 Å². The number of fused-ring (bicyclic) bond motifs is 1. The van der Waals surface area contributed by atoms with E-state index in [1.54, 1.807) is 17.0 Å². The van der Waals surface area contributed by atoms with Gasteiger partial charge in [0.15, 0.2) is 0 Å². The molecule has 10 heteroatoms. The summed E-state index contributed by atoms with van der Waals surface area (Å²) in [5.41, 5.74) is 2.08. The van der Waals surface area contributed by atoms with Crippen LogP contribution in [0.5, 0.6) is 0 Å². The lowest BCUT2D eigenvalue weighted by Gasteiger charge is -2.20. The number of halogens is 1. The number of hydrogen-bond donors (Lipinski definition) is 2. The first-order valence-electron chi connectivity index (χ1n) is 10.1. The largest absolute Gasteiger partial charge is 0.337 e. The van der Waals surface area contributed by atoms with Crippen LogP contribution in [0.25, 0.3) is 0 Å². The number of sulfonamides is 1. The maximum absolute atomic E-state index is 14.1. The van der Waals surface area contributed by atoms with Gasteiger partial charge in [-0.2, -0.15) is 0 Å². The highest BCUT2D eigenvalue weighted by atomic mass is 32.2. The summed E-state index contributed by atoms with van der Waals surface area (Å²) in [6.45, 7) is 0.799. The van der Waals surface area contributed by atoms with Gasteiger partial charge in [0.25, 0.3) is 0 Å². The molecule has 8 nitrogen and oxygen atoms in total. The number of amides is 3. The van der Waals surface area contributed by atoms with Crippen LogP contribution in [0.1, 0.15) is 18.4 Å². The second-order valence-electron chi connectivity index (χ2n) is 7.46. The Balaban J connectivity index is 1.34. The fraction of sp³-hybridized carbons (Fsp3) is 0.333. The molecule has 0 aliphatic carbocycles. The van der Waals surface area contributed by atoms with Crippen molar-refractivity contribution in [1.82, 2.24) is 5.32 Å². The van der Waals surface area contributed by atoms with Gasteiger partial charge < -0.3 is 15.5 Å². The van der Waals surface area contributed by atoms with Crippen molar-refractivity contribution < 1.29 is 22.4 Å². The van der Waals surface area contributed by atoms with Gasteiger partial charge in [-0.25, -0.2) is 17.6 Å². The number of carbonyl (C=O) groups is 2. The van der Waals surface area contributed by atoms with E-state index in [0.717, 1.165) is 12.0 Å². The Morgan fingerprint density at radius 2 is 1.90 bits per heavy atom. The summed E-state index contributed by atoms with van der Waals surface area (Å²) < 4.78 is 40.8. The van der Waals surface area contributed by atoms with Crippen LogP contribution in [0.4, 0.5) is 26.2 Å². The molecule has 4 rings (SSSR count). The summed E-state index contributed by atoms with van der Waals surface area (Å²) in [5.74, 6) is -0.970. The smallest absolute Gasteiger partial charge is 0.319 e. The Morgan fingerprint density at radius 3 is 2.68 bits per heavy atom. The van der Waals surface area contributed by atoms with Crippen LogP contribution in [-0.2, 0) is 21.2 Å². The SMILES string of the molecule is O=C(NCCS(=O)(=O)N1CCc2ccccc21)Nc1cc(N2CCCC2=O)ccc1F. The van der Waals surface area contributed by atoms with Crippen molar-refractivity contribution in [3.05, 3.63) is 53.8 Å². The van der Waals surface area contributed by atoms with Crippen molar-refractivity contribution in [3.63, 3.8) is 0 Å². The predicted molar refractivity (Wildman–Crippen MR) is 116 cm³/mol. The lowest BCUT2D eigenvalue weighted by atomic mass is 10.2. The molecular weight excluding hydrogens is 423 g/mol. The first-order chi connectivity index (χ1) is 14.8. The van der Waals surface area contributed by atoms with Gasteiger partial charge in [-0.3, -0.25) is 9.10 Å². The van der Waals surface area contributed by atoms with Gasteiger partial charge in [0.1, 0.15) is 5.82 Å². The van der Waals surface area contributed by atoms with Crippen LogP contribution in [0, 0.1) is 5.82 Å². The first kappa shape index (κ1) is 21.1. The highest BCUT2D eigenvalue weighted by Crippen LogP contribution is 2.30. The molecule has 31 heavy (non-hydrogen) atoms. The zero-order valence-electron chi connectivity index (χ0n) is 16.8. The van der Waals surface area contributed by atoms with Crippen LogP contribution in [0.15, 0.2) is 42.5 Å². The highest BCUT2D eigenvalue weighted by Gasteiger charge is 2.29. The lowest BCUT2D eigenvalue weighted by molar-refractivity contribution is -0.117. The van der Waals surface area contributed by atoms with Gasteiger partial charge in [0, 0.05) is 31.7 Å². The quantitative estimate of drug-likeness (QED) is 0.712. The molecule has 3 amide bonds. The molecule has 0 spiro atoms. The molecule has 1 saturated heterocycles. The molecular formula is C21H23FN4O4S. The molecule has 0 radical (unpaired) electrons. The summed E-state index contributed by atoms with van der Waals surface area (Å²) >= 11 is 0. The number of hydrogen-bond acceptors (Lipinski definition) is 4. The van der Waals surface area contributed by atoms with E-state index in [4.69, 9.17) is 0 Å². The summed E-state index contributed by atoms with van der Waals surface area (Å²) in [4.78, 5) is 25.6. The van der Waals surface area contributed by atoms with Gasteiger partial charge in [-0.15, -0.1) is 0 Å². The summed E-state index contributed by atoms with van der Waals surface area (Å²) in [7, 11) is -3.60. The maximum Gasteiger partial charge on any atom is 0.319 e. The minimum atomic E-state index is -3.60. The molecule has 2 aliphatic heterocycles. The third kappa shape index (κ3) is 4.48. The fourth-order valence-electron chi connectivity index (χ4n) is 3.87. The lowest BCUT2D eigenvalue weighted by Crippen LogP contribution is -2.38. The second-order valence-corrected chi connectivity index (χ2v) is 9.47. The van der Waals surface area contributed by atoms with Crippen molar-refractivity contribution in [3.8, 4) is 0 Å². The van der Waals surface area contributed by atoms with E-state index in [9.17, 15) is 22.4 Å². The Morgan fingerprint density at radius 1 is 1.10 bits per heavy atom. The topological polar surface area (TPSA) is 98.8 Å². The van der Waals surface area contributed by atoms with Crippen molar-refractivity contribution in [2.45, 2.75) is 19.3 Å². The monoisotopic (exact) mass is 446 g/mol. The molecule has 0 atom stereocenters. The second kappa shape index (κ2) is 8.54. The first-order valence-corrected chi connectivity index (χ1v) is 11.7. The zero-order valence-corrected chi connectivity index (χ0v) is 17.6. The predicted octanol–water partition coefficient (Wildman–Crippen LogP) is 2.47. The number of urea groups is 1. The molecule has 1 fully saturated rings. The van der Waals surface area contributed by atoms with Gasteiger partial charge in [-0.1, -0.05) is 18.2 Å². The van der Waals surface area contributed by atoms with Crippen LogP contribution < -0.4 is 19.8 Å². The van der Waals surface area contributed by atoms with Crippen molar-refractivity contribution >= 4 is 39.0 Å². The van der Waals surface area contributed by atoms with Gasteiger partial charge >= 0.3 is 6.03 Å². The number of benzene rings is 2. The maximum atomic E-state index is 14.1. The molecule has 2 N–H and O–H groups in total. The Labute approximate surface area is 180 Å². The third-order valence-electron chi connectivity index (χ3n) is 5.41. The highest BCUT2D eigenvalue weighted by molar-refractivity contribution is 7.92. The van der Waals surface area contributed by atoms with Gasteiger partial charge in [-0.05, 0) is 42.7 Å². The van der Waals surface area contributed by atoms with E-state index in [0.29, 0.717) is 37.3 Å². The van der Waals surface area contributed by atoms with Crippen LogP contribution in [0.3, 0.4) is 0 Å². The van der Waals surface area contributed by atoms with Crippen molar-refractivity contribution in [2.75, 3.05) is 39.9 Å². The molecule has 0 unspecified atom stereocenters. The molecule has 2 aliphatic rings. The molecule has 2 aromatic carbocycles. The molecule has 0 aromatic heterocycles. The number of rotatable bonds is 6. The van der Waals surface area contributed by atoms with Crippen molar-refractivity contribution in [2.24, 2.45) is 0 Å². The summed E-state index contributed by atoms with van der Waals surface area (Å²) in [6, 6.07) is 10.7. The van der Waals surface area contributed by atoms with E-state index >= 15 is 0 Å². The van der Waals surface area contributed by atoms with E-state index < -0.39 is 21.9 Å². The molecule has 0 saturated carbocycles. The number of para-hydroxylation sites is 1. The van der Waals surface area contributed by atoms with E-state index in [1.165, 1.54) is 22.5 Å². The van der Waals surface area contributed by atoms with Crippen LogP contribution in [-0.4, -0.2) is 45.7 Å². The third-order valence-corrected chi connectivity index (χ3v) is 7.18. The molecule has 2 heterocycles. The Kier molecular flexibility index (Phi) is 5.81. The average Bonchev–Trinajstić information content (AvgIpc) is 3.36. The minimum Gasteiger partial charge on any atom is -0.337 e. The zero-order chi connectivity index (χ0) is 22.0. The average molecular weight is 447 g/mol. The summed E-state index contributed by atoms with van der Waals surface area (Å²) in [5, 5.41) is 4.85. The fourth-order valence-corrected chi connectivity index (χ4v) is 5.29. The number of nitrogens with one attached hydrogen (secondary N) is 2. The molecule has 0 bridgehead atoms. The Hall–Kier alpha value is -3.14. The number of carbonyl (C=O) groups excluding carboxylic acids is 2. The van der Waals surface area contributed by atoms with E-state index in [2.05, 4.69) is 10.6 Å². The summed E-state index contributed by atoms with van der Waals surface area (Å²) in [6.07, 6.45) is 1.82. The standard InChI is InChI=1S/C21H23FN4O4S/c22-17-8-7-16(25-11-3-6-20(25)27)14-18(17)24-21(28)23-10-13-31(29,30)26-12-9-15-4-1-2-5-19(15)26/h1-2,4-5,7-8,14H,3,6,9-13H2,(H2,23,24,28). The van der Waals surface area contributed by atoms with Gasteiger partial charge in [0.2, 0.25) is 15.9 Å². The van der Waals surface area contributed by atoms with Gasteiger partial charge in [0.05, 0.1) is 17.1 Å². The minimum absolute atomic E-state index is 0.0456.